The van der Waals surface area contributed by atoms with Crippen molar-refractivity contribution in [3.63, 3.8) is 0 Å². The van der Waals surface area contributed by atoms with Crippen molar-refractivity contribution < 1.29 is 9.84 Å². The Morgan fingerprint density at radius 2 is 0.803 bits per heavy atom. The number of aliphatic hydroxyl groups is 1. The predicted molar refractivity (Wildman–Crippen MR) is 282 cm³/mol. The minimum atomic E-state index is 0.00996. The van der Waals surface area contributed by atoms with Crippen molar-refractivity contribution in [2.75, 3.05) is 7.11 Å². The summed E-state index contributed by atoms with van der Waals surface area (Å²) in [5.74, 6) is 0.829. The number of methoxy groups -OCH3 is 1. The van der Waals surface area contributed by atoms with Crippen molar-refractivity contribution in [2.24, 2.45) is 0 Å². The zero-order valence-electron chi connectivity index (χ0n) is 36.8. The normalized spacial score (nSPS) is 12.2. The van der Waals surface area contributed by atoms with Crippen LogP contribution < -0.4 is 4.74 Å². The highest BCUT2D eigenvalue weighted by molar-refractivity contribution is 6.01. The van der Waals surface area contributed by atoms with E-state index in [1.807, 2.05) is 24.3 Å². The quantitative estimate of drug-likeness (QED) is 0.124. The maximum absolute atomic E-state index is 9.83. The molecule has 316 valence electrons. The van der Waals surface area contributed by atoms with Crippen LogP contribution in [0.4, 0.5) is 0 Å². The maximum Gasteiger partial charge on any atom is 0.118 e. The third-order valence-corrected chi connectivity index (χ3v) is 12.4. The first-order valence-corrected chi connectivity index (χ1v) is 22.4. The van der Waals surface area contributed by atoms with Crippen molar-refractivity contribution >= 4 is 79.9 Å². The van der Waals surface area contributed by atoms with Gasteiger partial charge < -0.3 is 9.84 Å². The molecule has 10 rings (SSSR count). The fourth-order valence-corrected chi connectivity index (χ4v) is 8.84. The lowest BCUT2D eigenvalue weighted by Crippen LogP contribution is -1.92. The van der Waals surface area contributed by atoms with Crippen LogP contribution in [0, 0.1) is 0 Å². The summed E-state index contributed by atoms with van der Waals surface area (Å²) < 4.78 is 5.54. The van der Waals surface area contributed by atoms with Gasteiger partial charge >= 0.3 is 0 Å². The van der Waals surface area contributed by atoms with Crippen LogP contribution in [0.25, 0.3) is 79.9 Å². The Morgan fingerprint density at radius 3 is 1.35 bits per heavy atom. The lowest BCUT2D eigenvalue weighted by Gasteiger charge is -2.13. The van der Waals surface area contributed by atoms with Gasteiger partial charge in [0.2, 0.25) is 0 Å². The van der Waals surface area contributed by atoms with Gasteiger partial charge in [-0.05, 0) is 141 Å². The fraction of sp³-hybridized carbons (Fsp3) is 0.0312. The molecule has 0 atom stereocenters. The number of aliphatic hydroxyl groups excluding tert-OH is 1. The minimum Gasteiger partial charge on any atom is -0.497 e. The topological polar surface area (TPSA) is 29.5 Å². The number of hydrogen-bond donors (Lipinski definition) is 1. The largest absolute Gasteiger partial charge is 0.497 e. The first-order valence-electron chi connectivity index (χ1n) is 22.4. The SMILES string of the molecule is COc1ccc(C(=Cc2ccccc2C=Cc2c(C=Cc3ccccc3C=C(c3ccc(CO)cc3)c3ccc4ccccc4c3)ccc3ccccc23)c2ccc3ccccc3c2)cc1. The van der Waals surface area contributed by atoms with Gasteiger partial charge in [0, 0.05) is 0 Å². The standard InChI is InChI=1S/C64H48O2/c1-66-60-37-34-53(35-38-60)64(59-33-28-47-13-3-7-18-55(47)41-59)43-57-20-9-5-15-49(57)36-39-62-51(31-30-50-16-10-11-21-61(50)62)29-26-48-14-4-8-19-56(48)42-63(52-24-22-45(44-65)23-25-52)58-32-27-46-12-2-6-17-54(46)40-58/h2-43,65H,44H2,1H3. The molecular weight excluding hydrogens is 801 g/mol. The van der Waals surface area contributed by atoms with E-state index in [0.717, 1.165) is 78.1 Å². The van der Waals surface area contributed by atoms with E-state index in [4.69, 9.17) is 4.74 Å². The van der Waals surface area contributed by atoms with E-state index in [2.05, 4.69) is 231 Å². The smallest absolute Gasteiger partial charge is 0.118 e. The van der Waals surface area contributed by atoms with E-state index in [9.17, 15) is 5.11 Å². The lowest BCUT2D eigenvalue weighted by molar-refractivity contribution is 0.282. The van der Waals surface area contributed by atoms with Gasteiger partial charge in [-0.3, -0.25) is 0 Å². The zero-order valence-corrected chi connectivity index (χ0v) is 36.8. The Balaban J connectivity index is 1.05. The molecule has 2 heteroatoms. The van der Waals surface area contributed by atoms with Gasteiger partial charge in [-0.1, -0.05) is 218 Å². The van der Waals surface area contributed by atoms with E-state index in [1.165, 1.54) is 32.3 Å². The van der Waals surface area contributed by atoms with Crippen LogP contribution in [0.1, 0.15) is 61.2 Å². The van der Waals surface area contributed by atoms with Crippen LogP contribution in [-0.2, 0) is 6.61 Å². The molecule has 0 aliphatic heterocycles. The second kappa shape index (κ2) is 19.2. The number of ether oxygens (including phenoxy) is 1. The van der Waals surface area contributed by atoms with E-state index < -0.39 is 0 Å². The molecule has 0 bridgehead atoms. The number of fused-ring (bicyclic) bond motifs is 3. The molecule has 0 spiro atoms. The van der Waals surface area contributed by atoms with E-state index in [1.54, 1.807) is 7.11 Å². The molecule has 0 aromatic heterocycles. The summed E-state index contributed by atoms with van der Waals surface area (Å²) >= 11 is 0. The molecule has 0 saturated carbocycles. The first kappa shape index (κ1) is 41.7. The second-order valence-corrected chi connectivity index (χ2v) is 16.5. The number of rotatable bonds is 12. The third kappa shape index (κ3) is 9.05. The summed E-state index contributed by atoms with van der Waals surface area (Å²) in [7, 11) is 1.70. The maximum atomic E-state index is 9.83. The molecule has 0 radical (unpaired) electrons. The molecule has 10 aromatic carbocycles. The molecule has 0 amide bonds. The Morgan fingerprint density at radius 1 is 0.379 bits per heavy atom. The molecule has 0 unspecified atom stereocenters. The van der Waals surface area contributed by atoms with Crippen LogP contribution in [0.3, 0.4) is 0 Å². The average Bonchev–Trinajstić information content (AvgIpc) is 3.38. The third-order valence-electron chi connectivity index (χ3n) is 12.4. The van der Waals surface area contributed by atoms with Crippen LogP contribution in [0.2, 0.25) is 0 Å². The summed E-state index contributed by atoms with van der Waals surface area (Å²) in [6, 6.07) is 77.2. The van der Waals surface area contributed by atoms with Gasteiger partial charge in [0.25, 0.3) is 0 Å². The average molecular weight is 849 g/mol. The van der Waals surface area contributed by atoms with Crippen molar-refractivity contribution in [3.8, 4) is 5.75 Å². The van der Waals surface area contributed by atoms with Gasteiger partial charge in [0.1, 0.15) is 5.75 Å². The molecule has 66 heavy (non-hydrogen) atoms. The summed E-state index contributed by atoms with van der Waals surface area (Å²) in [4.78, 5) is 0. The molecule has 10 aromatic rings. The number of benzene rings is 10. The Hall–Kier alpha value is -8.30. The Kier molecular flexibility index (Phi) is 12.1. The van der Waals surface area contributed by atoms with Gasteiger partial charge in [0.05, 0.1) is 13.7 Å². The Labute approximate surface area is 387 Å². The van der Waals surface area contributed by atoms with Crippen molar-refractivity contribution in [1.29, 1.82) is 0 Å². The van der Waals surface area contributed by atoms with Gasteiger partial charge in [-0.2, -0.15) is 0 Å². The molecule has 0 heterocycles. The van der Waals surface area contributed by atoms with Gasteiger partial charge in [0.15, 0.2) is 0 Å². The number of hydrogen-bond acceptors (Lipinski definition) is 2. The van der Waals surface area contributed by atoms with Crippen molar-refractivity contribution in [2.45, 2.75) is 6.61 Å². The van der Waals surface area contributed by atoms with Gasteiger partial charge in [-0.15, -0.1) is 0 Å². The second-order valence-electron chi connectivity index (χ2n) is 16.5. The van der Waals surface area contributed by atoms with E-state index in [0.29, 0.717) is 0 Å². The summed E-state index contributed by atoms with van der Waals surface area (Å²) in [5, 5.41) is 17.0. The highest BCUT2D eigenvalue weighted by Gasteiger charge is 2.12. The first-order chi connectivity index (χ1) is 32.6. The van der Waals surface area contributed by atoms with Crippen molar-refractivity contribution in [1.82, 2.24) is 0 Å². The van der Waals surface area contributed by atoms with Crippen LogP contribution in [0.15, 0.2) is 218 Å². The van der Waals surface area contributed by atoms with E-state index in [-0.39, 0.29) is 6.61 Å². The highest BCUT2D eigenvalue weighted by atomic mass is 16.5. The molecule has 1 N–H and O–H groups in total. The predicted octanol–water partition coefficient (Wildman–Crippen LogP) is 16.2. The molecule has 2 nitrogen and oxygen atoms in total. The lowest BCUT2D eigenvalue weighted by atomic mass is 9.91. The molecule has 0 aliphatic rings. The van der Waals surface area contributed by atoms with Crippen LogP contribution >= 0.6 is 0 Å². The fourth-order valence-electron chi connectivity index (χ4n) is 8.84. The monoisotopic (exact) mass is 848 g/mol. The molecule has 0 aliphatic carbocycles. The molecule has 0 fully saturated rings. The highest BCUT2D eigenvalue weighted by Crippen LogP contribution is 2.34. The Bertz CT molecular complexity index is 3470. The summed E-state index contributed by atoms with van der Waals surface area (Å²) in [6.45, 7) is 0.00996. The summed E-state index contributed by atoms with van der Waals surface area (Å²) in [6.07, 6.45) is 13.6. The molecular formula is C64H48O2. The molecule has 0 saturated heterocycles. The minimum absolute atomic E-state index is 0.00996. The zero-order chi connectivity index (χ0) is 44.7. The summed E-state index contributed by atoms with van der Waals surface area (Å²) in [5.41, 5.74) is 14.4. The van der Waals surface area contributed by atoms with Gasteiger partial charge in [-0.25, -0.2) is 0 Å². The van der Waals surface area contributed by atoms with Crippen LogP contribution in [-0.4, -0.2) is 12.2 Å². The van der Waals surface area contributed by atoms with Crippen LogP contribution in [0.5, 0.6) is 5.75 Å². The van der Waals surface area contributed by atoms with E-state index >= 15 is 0 Å². The van der Waals surface area contributed by atoms with Crippen molar-refractivity contribution in [3.05, 3.63) is 280 Å².